The minimum absolute atomic E-state index is 0.562. The summed E-state index contributed by atoms with van der Waals surface area (Å²) in [5, 5.41) is 10.8. The Bertz CT molecular complexity index is 679. The first-order valence-corrected chi connectivity index (χ1v) is 19.2. The van der Waals surface area contributed by atoms with Crippen LogP contribution in [-0.4, -0.2) is 34.5 Å². The number of hydrogen-bond donors (Lipinski definition) is 7. The number of hydrogen-bond acceptors (Lipinski definition) is 7. The lowest BCUT2D eigenvalue weighted by Crippen LogP contribution is -2.03. The summed E-state index contributed by atoms with van der Waals surface area (Å²) in [5.41, 5.74) is 4.35. The number of rotatable bonds is 24. The molecule has 1 aromatic carbocycles. The molecule has 9 heteroatoms. The maximum Gasteiger partial charge on any atom is 0.324 e. The Morgan fingerprint density at radius 2 is 0.690 bits per heavy atom. The lowest BCUT2D eigenvalue weighted by molar-refractivity contribution is 0.366. The van der Waals surface area contributed by atoms with Gasteiger partial charge in [0.05, 0.1) is 0 Å². The molecule has 7 nitrogen and oxygen atoms in total. The third-order valence-corrected chi connectivity index (χ3v) is 7.61. The first kappa shape index (κ1) is 43.8. The van der Waals surface area contributed by atoms with E-state index < -0.39 is 17.2 Å². The van der Waals surface area contributed by atoms with Gasteiger partial charge in [-0.25, -0.2) is 0 Å². The van der Waals surface area contributed by atoms with Crippen LogP contribution in [0.5, 0.6) is 5.75 Å². The van der Waals surface area contributed by atoms with Crippen molar-refractivity contribution in [2.24, 2.45) is 0 Å². The molecule has 0 aliphatic heterocycles. The van der Waals surface area contributed by atoms with Crippen molar-refractivity contribution in [2.75, 3.05) is 0 Å². The number of phenols is 1. The first-order valence-electron chi connectivity index (χ1n) is 16.8. The van der Waals surface area contributed by atoms with E-state index in [4.69, 9.17) is 29.4 Å². The Kier molecular flexibility index (Phi) is 34.9. The van der Waals surface area contributed by atoms with E-state index in [1.165, 1.54) is 164 Å². The lowest BCUT2D eigenvalue weighted by Gasteiger charge is -2.17. The van der Waals surface area contributed by atoms with Gasteiger partial charge in [0.1, 0.15) is 5.75 Å². The van der Waals surface area contributed by atoms with Crippen LogP contribution in [0.2, 0.25) is 0 Å². The Morgan fingerprint density at radius 3 is 1.05 bits per heavy atom. The minimum atomic E-state index is -2.62. The van der Waals surface area contributed by atoms with Crippen LogP contribution in [0.25, 0.3) is 0 Å². The largest absolute Gasteiger partial charge is 0.508 e. The topological polar surface area (TPSA) is 142 Å². The molecule has 0 amide bonds. The van der Waals surface area contributed by atoms with Crippen LogP contribution in [0, 0.1) is 0 Å². The molecule has 0 bridgehead atoms. The molecule has 0 unspecified atom stereocenters. The van der Waals surface area contributed by atoms with E-state index in [0.29, 0.717) is 5.75 Å². The van der Waals surface area contributed by atoms with Crippen molar-refractivity contribution in [1.29, 1.82) is 0 Å². The monoisotopic (exact) mass is 636 g/mol. The number of unbranched alkanes of at least 4 members (excludes halogenated alkanes) is 18. The summed E-state index contributed by atoms with van der Waals surface area (Å²) in [6, 6.07) is 4.25. The highest BCUT2D eigenvalue weighted by Crippen LogP contribution is 2.30. The van der Waals surface area contributed by atoms with Crippen LogP contribution in [0.3, 0.4) is 0 Å². The molecule has 0 fully saturated rings. The lowest BCUT2D eigenvalue weighted by atomic mass is 9.89. The van der Waals surface area contributed by atoms with E-state index in [-0.39, 0.29) is 0 Å². The summed E-state index contributed by atoms with van der Waals surface area (Å²) in [5.74, 6) is 0.562. The summed E-state index contributed by atoms with van der Waals surface area (Å²) >= 11 is 0. The van der Waals surface area contributed by atoms with E-state index >= 15 is 0 Å². The first-order chi connectivity index (χ1) is 20.2. The quantitative estimate of drug-likeness (QED) is 0.0442. The van der Waals surface area contributed by atoms with E-state index in [2.05, 4.69) is 26.8 Å². The van der Waals surface area contributed by atoms with Crippen molar-refractivity contribution < 1.29 is 34.5 Å². The standard InChI is InChI=1S/C33H60O.2H3O3P/c1-4-7-10-13-16-19-22-25-30-28-29-33(34)32(27-24-21-18-15-12-9-6-3)31(30)26-23-20-17-14-11-8-5-2;2*1-4(2)3/h28-29,34H,4-27H2,1-3H3;2*1-3H. The number of aryl methyl sites for hydroxylation is 1. The molecular weight excluding hydrogens is 570 g/mol. The van der Waals surface area contributed by atoms with E-state index in [1.54, 1.807) is 0 Å². The SMILES string of the molecule is CCCCCCCCCc1ccc(O)c(CCCCCCCCC)c1CCCCCCCCC.OP(O)O.OP(O)O. The van der Waals surface area contributed by atoms with Gasteiger partial charge in [-0.15, -0.1) is 0 Å². The average molecular weight is 637 g/mol. The fourth-order valence-corrected chi connectivity index (χ4v) is 5.34. The molecule has 0 atom stereocenters. The Hall–Kier alpha value is -0.360. The zero-order chi connectivity index (χ0) is 31.8. The van der Waals surface area contributed by atoms with Crippen LogP contribution < -0.4 is 0 Å². The minimum Gasteiger partial charge on any atom is -0.508 e. The van der Waals surface area contributed by atoms with Crippen LogP contribution in [0.1, 0.15) is 172 Å². The number of phenolic OH excluding ortho intramolecular Hbond substituents is 1. The molecule has 0 saturated heterocycles. The smallest absolute Gasteiger partial charge is 0.324 e. The normalized spacial score (nSPS) is 10.9. The third-order valence-electron chi connectivity index (χ3n) is 7.61. The van der Waals surface area contributed by atoms with Crippen LogP contribution in [0.4, 0.5) is 0 Å². The zero-order valence-corrected chi connectivity index (χ0v) is 28.9. The summed E-state index contributed by atoms with van der Waals surface area (Å²) in [6.45, 7) is 6.87. The summed E-state index contributed by atoms with van der Waals surface area (Å²) in [7, 11) is -5.24. The third kappa shape index (κ3) is 31.1. The van der Waals surface area contributed by atoms with Gasteiger partial charge < -0.3 is 34.5 Å². The molecule has 0 aromatic heterocycles. The maximum atomic E-state index is 10.8. The van der Waals surface area contributed by atoms with Gasteiger partial charge in [0, 0.05) is 0 Å². The molecule has 0 radical (unpaired) electrons. The van der Waals surface area contributed by atoms with Gasteiger partial charge in [-0.1, -0.05) is 142 Å². The highest BCUT2D eigenvalue weighted by Gasteiger charge is 2.13. The predicted octanol–water partition coefficient (Wildman–Crippen LogP) is 9.65. The van der Waals surface area contributed by atoms with Crippen LogP contribution in [0.15, 0.2) is 12.1 Å². The number of aromatic hydroxyl groups is 1. The maximum absolute atomic E-state index is 10.8. The molecule has 0 saturated carbocycles. The second-order valence-corrected chi connectivity index (χ2v) is 12.4. The molecule has 0 spiro atoms. The van der Waals surface area contributed by atoms with Gasteiger partial charge in [-0.2, -0.15) is 0 Å². The van der Waals surface area contributed by atoms with Crippen molar-refractivity contribution in [3.8, 4) is 5.75 Å². The molecular formula is C33H66O7P2. The summed E-state index contributed by atoms with van der Waals surface area (Å²) in [4.78, 5) is 43.4. The summed E-state index contributed by atoms with van der Waals surface area (Å²) in [6.07, 6.45) is 31.9. The van der Waals surface area contributed by atoms with Gasteiger partial charge in [-0.3, -0.25) is 0 Å². The number of benzene rings is 1. The second kappa shape index (κ2) is 33.5. The molecule has 42 heavy (non-hydrogen) atoms. The molecule has 1 aromatic rings. The zero-order valence-electron chi connectivity index (χ0n) is 27.2. The highest BCUT2D eigenvalue weighted by molar-refractivity contribution is 7.38. The van der Waals surface area contributed by atoms with Gasteiger partial charge in [0.2, 0.25) is 0 Å². The van der Waals surface area contributed by atoms with Crippen LogP contribution >= 0.6 is 17.2 Å². The Balaban J connectivity index is 0. The van der Waals surface area contributed by atoms with E-state index in [0.717, 1.165) is 6.42 Å². The molecule has 0 heterocycles. The highest BCUT2D eigenvalue weighted by atomic mass is 31.2. The van der Waals surface area contributed by atoms with Crippen molar-refractivity contribution in [3.63, 3.8) is 0 Å². The van der Waals surface area contributed by atoms with E-state index in [9.17, 15) is 5.11 Å². The van der Waals surface area contributed by atoms with Gasteiger partial charge in [-0.05, 0) is 61.3 Å². The van der Waals surface area contributed by atoms with Crippen LogP contribution in [-0.2, 0) is 19.3 Å². The van der Waals surface area contributed by atoms with Crippen molar-refractivity contribution >= 4 is 17.2 Å². The Labute approximate surface area is 260 Å². The summed E-state index contributed by atoms with van der Waals surface area (Å²) < 4.78 is 0. The molecule has 0 aliphatic carbocycles. The van der Waals surface area contributed by atoms with Gasteiger partial charge >= 0.3 is 17.2 Å². The average Bonchev–Trinajstić information content (AvgIpc) is 2.93. The predicted molar refractivity (Wildman–Crippen MR) is 180 cm³/mol. The van der Waals surface area contributed by atoms with Gasteiger partial charge in [0.15, 0.2) is 0 Å². The van der Waals surface area contributed by atoms with Crippen molar-refractivity contribution in [2.45, 2.75) is 175 Å². The molecule has 0 aliphatic rings. The van der Waals surface area contributed by atoms with E-state index in [1.807, 2.05) is 6.07 Å². The van der Waals surface area contributed by atoms with Crippen molar-refractivity contribution in [1.82, 2.24) is 0 Å². The second-order valence-electron chi connectivity index (χ2n) is 11.4. The molecule has 7 N–H and O–H groups in total. The fraction of sp³-hybridized carbons (Fsp3) is 0.818. The Morgan fingerprint density at radius 1 is 0.405 bits per heavy atom. The van der Waals surface area contributed by atoms with Gasteiger partial charge in [0.25, 0.3) is 0 Å². The molecule has 250 valence electrons. The fourth-order valence-electron chi connectivity index (χ4n) is 5.34. The van der Waals surface area contributed by atoms with Crippen molar-refractivity contribution in [3.05, 3.63) is 28.8 Å². The molecule has 1 rings (SSSR count).